The second kappa shape index (κ2) is 10.1. The van der Waals surface area contributed by atoms with Gasteiger partial charge in [0.2, 0.25) is 0 Å². The molecular formula is C22H26N4O7S2. The highest BCUT2D eigenvalue weighted by atomic mass is 32.2. The van der Waals surface area contributed by atoms with E-state index in [1.54, 1.807) is 48.5 Å². The zero-order valence-electron chi connectivity index (χ0n) is 18.7. The summed E-state index contributed by atoms with van der Waals surface area (Å²) in [6.07, 6.45) is 0.818. The number of nitrogens with one attached hydrogen (secondary N) is 4. The zero-order chi connectivity index (χ0) is 25.1. The lowest BCUT2D eigenvalue weighted by atomic mass is 10.2. The van der Waals surface area contributed by atoms with E-state index >= 15 is 0 Å². The molecule has 0 radical (unpaired) electrons. The molecule has 2 atom stereocenters. The van der Waals surface area contributed by atoms with Crippen molar-refractivity contribution in [1.29, 1.82) is 0 Å². The van der Waals surface area contributed by atoms with Crippen LogP contribution in [-0.4, -0.2) is 64.0 Å². The van der Waals surface area contributed by atoms with Gasteiger partial charge in [-0.15, -0.1) is 0 Å². The van der Waals surface area contributed by atoms with Crippen molar-refractivity contribution >= 4 is 43.1 Å². The van der Waals surface area contributed by atoms with Crippen LogP contribution in [0.1, 0.15) is 12.8 Å². The van der Waals surface area contributed by atoms with Crippen molar-refractivity contribution in [3.63, 3.8) is 0 Å². The van der Waals surface area contributed by atoms with Gasteiger partial charge < -0.3 is 26.0 Å². The molecule has 2 aromatic carbocycles. The molecule has 0 aromatic heterocycles. The van der Waals surface area contributed by atoms with Crippen LogP contribution in [-0.2, 0) is 19.7 Å². The van der Waals surface area contributed by atoms with Crippen molar-refractivity contribution < 1.29 is 31.2 Å². The van der Waals surface area contributed by atoms with E-state index in [2.05, 4.69) is 21.3 Å². The third-order valence-corrected chi connectivity index (χ3v) is 9.13. The van der Waals surface area contributed by atoms with Gasteiger partial charge in [-0.3, -0.25) is 0 Å². The molecule has 35 heavy (non-hydrogen) atoms. The van der Waals surface area contributed by atoms with Crippen molar-refractivity contribution in [2.45, 2.75) is 24.9 Å². The lowest BCUT2D eigenvalue weighted by Gasteiger charge is -2.13. The van der Waals surface area contributed by atoms with Crippen LogP contribution in [0, 0.1) is 0 Å². The first-order chi connectivity index (χ1) is 16.6. The van der Waals surface area contributed by atoms with Gasteiger partial charge in [-0.05, 0) is 61.4 Å². The Labute approximate surface area is 203 Å². The predicted molar refractivity (Wildman–Crippen MR) is 131 cm³/mol. The summed E-state index contributed by atoms with van der Waals surface area (Å²) in [5, 5.41) is 10.6. The lowest BCUT2D eigenvalue weighted by molar-refractivity contribution is 0.248. The molecule has 0 saturated carbocycles. The molecule has 188 valence electrons. The molecule has 0 bridgehead atoms. The summed E-state index contributed by atoms with van der Waals surface area (Å²) in [7, 11) is -6.14. The van der Waals surface area contributed by atoms with E-state index in [9.17, 15) is 26.4 Å². The molecule has 2 saturated heterocycles. The van der Waals surface area contributed by atoms with Gasteiger partial charge >= 0.3 is 12.1 Å². The molecule has 2 unspecified atom stereocenters. The Hall–Kier alpha value is -3.32. The first kappa shape index (κ1) is 24.8. The van der Waals surface area contributed by atoms with Gasteiger partial charge in [0.25, 0.3) is 0 Å². The van der Waals surface area contributed by atoms with Crippen LogP contribution in [0.3, 0.4) is 0 Å². The lowest BCUT2D eigenvalue weighted by Crippen LogP contribution is -2.38. The quantitative estimate of drug-likeness (QED) is 0.452. The number of amides is 4. The molecule has 2 aromatic rings. The molecule has 4 N–H and O–H groups in total. The minimum absolute atomic E-state index is 0.0446. The first-order valence-corrected chi connectivity index (χ1v) is 14.6. The van der Waals surface area contributed by atoms with Crippen molar-refractivity contribution in [2.75, 3.05) is 33.6 Å². The SMILES string of the molecule is O=C(Nc1ccc(Oc2ccc(NC(=O)NC3CCS(=O)(=O)C3)cc2)cc1)NC1CCS(=O)(=O)C1. The van der Waals surface area contributed by atoms with E-state index in [0.717, 1.165) is 0 Å². The van der Waals surface area contributed by atoms with Gasteiger partial charge in [0.15, 0.2) is 19.7 Å². The molecule has 13 heteroatoms. The van der Waals surface area contributed by atoms with Crippen molar-refractivity contribution in [3.05, 3.63) is 48.5 Å². The number of anilines is 2. The molecule has 2 aliphatic rings. The summed E-state index contributed by atoms with van der Waals surface area (Å²) in [5.41, 5.74) is 1.05. The number of hydrogen-bond donors (Lipinski definition) is 4. The number of carbonyl (C=O) groups is 2. The zero-order valence-corrected chi connectivity index (χ0v) is 20.3. The van der Waals surface area contributed by atoms with Crippen LogP contribution < -0.4 is 26.0 Å². The third-order valence-electron chi connectivity index (χ3n) is 5.60. The van der Waals surface area contributed by atoms with E-state index < -0.39 is 31.7 Å². The number of carbonyl (C=O) groups excluding carboxylic acids is 2. The summed E-state index contributed by atoms with van der Waals surface area (Å²) in [5.74, 6) is 1.13. The molecule has 4 amide bonds. The molecule has 11 nitrogen and oxygen atoms in total. The fourth-order valence-corrected chi connectivity index (χ4v) is 7.22. The van der Waals surface area contributed by atoms with Crippen molar-refractivity contribution in [1.82, 2.24) is 10.6 Å². The van der Waals surface area contributed by atoms with Crippen LogP contribution in [0.5, 0.6) is 11.5 Å². The summed E-state index contributed by atoms with van der Waals surface area (Å²) < 4.78 is 51.7. The van der Waals surface area contributed by atoms with E-state index in [4.69, 9.17) is 4.74 Å². The number of sulfone groups is 2. The molecule has 2 fully saturated rings. The van der Waals surface area contributed by atoms with E-state index in [-0.39, 0.29) is 35.1 Å². The Morgan fingerprint density at radius 1 is 0.657 bits per heavy atom. The average molecular weight is 523 g/mol. The summed E-state index contributed by atoms with van der Waals surface area (Å²) in [6, 6.07) is 11.6. The van der Waals surface area contributed by atoms with E-state index in [0.29, 0.717) is 35.7 Å². The van der Waals surface area contributed by atoms with Crippen LogP contribution >= 0.6 is 0 Å². The Kier molecular flexibility index (Phi) is 7.17. The molecule has 4 rings (SSSR count). The highest BCUT2D eigenvalue weighted by Gasteiger charge is 2.29. The van der Waals surface area contributed by atoms with Crippen molar-refractivity contribution in [2.24, 2.45) is 0 Å². The van der Waals surface area contributed by atoms with Gasteiger partial charge in [0, 0.05) is 23.5 Å². The average Bonchev–Trinajstić information content (AvgIpc) is 3.30. The van der Waals surface area contributed by atoms with Crippen LogP contribution in [0.4, 0.5) is 21.0 Å². The first-order valence-electron chi connectivity index (χ1n) is 11.0. The smallest absolute Gasteiger partial charge is 0.319 e. The number of rotatable bonds is 6. The summed E-state index contributed by atoms with van der Waals surface area (Å²) in [4.78, 5) is 24.2. The van der Waals surface area contributed by atoms with Gasteiger partial charge in [0.05, 0.1) is 23.0 Å². The molecule has 2 heterocycles. The van der Waals surface area contributed by atoms with Gasteiger partial charge in [-0.25, -0.2) is 26.4 Å². The Balaban J connectivity index is 1.23. The highest BCUT2D eigenvalue weighted by Crippen LogP contribution is 2.24. The van der Waals surface area contributed by atoms with Gasteiger partial charge in [-0.1, -0.05) is 0 Å². The van der Waals surface area contributed by atoms with Crippen LogP contribution in [0.2, 0.25) is 0 Å². The second-order valence-electron chi connectivity index (χ2n) is 8.55. The van der Waals surface area contributed by atoms with Gasteiger partial charge in [0.1, 0.15) is 11.5 Å². The minimum atomic E-state index is -3.07. The molecule has 0 spiro atoms. The van der Waals surface area contributed by atoms with Crippen LogP contribution in [0.25, 0.3) is 0 Å². The van der Waals surface area contributed by atoms with Crippen molar-refractivity contribution in [3.8, 4) is 11.5 Å². The predicted octanol–water partition coefficient (Wildman–Crippen LogP) is 2.10. The van der Waals surface area contributed by atoms with Crippen LogP contribution in [0.15, 0.2) is 48.5 Å². The normalized spacial score (nSPS) is 22.2. The number of urea groups is 2. The molecule has 2 aliphatic heterocycles. The molecule has 0 aliphatic carbocycles. The Bertz CT molecular complexity index is 1190. The van der Waals surface area contributed by atoms with E-state index in [1.807, 2.05) is 0 Å². The van der Waals surface area contributed by atoms with Gasteiger partial charge in [-0.2, -0.15) is 0 Å². The van der Waals surface area contributed by atoms with E-state index in [1.165, 1.54) is 0 Å². The topological polar surface area (TPSA) is 160 Å². The maximum absolute atomic E-state index is 12.1. The number of hydrogen-bond acceptors (Lipinski definition) is 7. The minimum Gasteiger partial charge on any atom is -0.457 e. The monoisotopic (exact) mass is 522 g/mol. The number of ether oxygens (including phenoxy) is 1. The Morgan fingerprint density at radius 2 is 1.03 bits per heavy atom. The standard InChI is InChI=1S/C22H26N4O7S2/c27-21(25-17-9-11-34(29,30)13-17)23-15-1-5-19(6-2-15)33-20-7-3-16(4-8-20)24-22(28)26-18-10-12-35(31,32)14-18/h1-8,17-18H,9-14H2,(H2,23,25,27)(H2,24,26,28). The Morgan fingerprint density at radius 3 is 1.34 bits per heavy atom. The fraction of sp³-hybridized carbons (Fsp3) is 0.364. The third kappa shape index (κ3) is 7.33. The number of benzene rings is 2. The summed E-state index contributed by atoms with van der Waals surface area (Å²) >= 11 is 0. The molecular weight excluding hydrogens is 496 g/mol. The second-order valence-corrected chi connectivity index (χ2v) is 13.0. The maximum Gasteiger partial charge on any atom is 0.319 e. The summed E-state index contributed by atoms with van der Waals surface area (Å²) in [6.45, 7) is 0. The highest BCUT2D eigenvalue weighted by molar-refractivity contribution is 7.91. The fourth-order valence-electron chi connectivity index (χ4n) is 3.87. The maximum atomic E-state index is 12.1. The largest absolute Gasteiger partial charge is 0.457 e.